The van der Waals surface area contributed by atoms with Gasteiger partial charge in [-0.3, -0.25) is 9.59 Å². The van der Waals surface area contributed by atoms with Crippen LogP contribution in [0.1, 0.15) is 52.4 Å². The number of hydrogen-bond donors (Lipinski definition) is 2. The Labute approximate surface area is 108 Å². The van der Waals surface area contributed by atoms with E-state index in [2.05, 4.69) is 6.92 Å². The molecule has 0 saturated heterocycles. The molecule has 0 aromatic heterocycles. The highest BCUT2D eigenvalue weighted by Crippen LogP contribution is 2.43. The summed E-state index contributed by atoms with van der Waals surface area (Å²) in [5.74, 6) is -2.62. The molecule has 2 N–H and O–H groups in total. The lowest BCUT2D eigenvalue weighted by molar-refractivity contribution is -0.156. The summed E-state index contributed by atoms with van der Waals surface area (Å²) >= 11 is 0. The topological polar surface area (TPSA) is 74.6 Å². The molecule has 0 radical (unpaired) electrons. The van der Waals surface area contributed by atoms with Crippen LogP contribution >= 0.6 is 0 Å². The Morgan fingerprint density at radius 3 is 2.06 bits per heavy atom. The fraction of sp³-hybridized carbons (Fsp3) is 0.857. The summed E-state index contributed by atoms with van der Waals surface area (Å²) in [6.45, 7) is 4.04. The molecule has 0 heterocycles. The minimum absolute atomic E-state index is 0.152. The van der Waals surface area contributed by atoms with Gasteiger partial charge < -0.3 is 10.2 Å². The molecule has 0 spiro atoms. The van der Waals surface area contributed by atoms with Gasteiger partial charge in [0.05, 0.1) is 11.8 Å². The predicted molar refractivity (Wildman–Crippen MR) is 68.3 cm³/mol. The predicted octanol–water partition coefficient (Wildman–Crippen LogP) is 3.01. The second-order valence-corrected chi connectivity index (χ2v) is 5.39. The second kappa shape index (κ2) is 6.76. The lowest BCUT2D eigenvalue weighted by Gasteiger charge is -2.39. The molecule has 1 saturated carbocycles. The highest BCUT2D eigenvalue weighted by atomic mass is 16.4. The third kappa shape index (κ3) is 3.24. The lowest BCUT2D eigenvalue weighted by atomic mass is 9.64. The van der Waals surface area contributed by atoms with E-state index in [1.165, 1.54) is 0 Å². The van der Waals surface area contributed by atoms with Crippen molar-refractivity contribution in [2.45, 2.75) is 52.4 Å². The van der Waals surface area contributed by atoms with Crippen LogP contribution < -0.4 is 0 Å². The van der Waals surface area contributed by atoms with Crippen molar-refractivity contribution in [2.75, 3.05) is 0 Å². The third-order valence-electron chi connectivity index (χ3n) is 4.22. The van der Waals surface area contributed by atoms with Gasteiger partial charge in [0, 0.05) is 0 Å². The minimum atomic E-state index is -0.824. The molecule has 4 unspecified atom stereocenters. The Bertz CT molecular complexity index is 300. The summed E-state index contributed by atoms with van der Waals surface area (Å²) < 4.78 is 0. The van der Waals surface area contributed by atoms with Crippen LogP contribution in [0.3, 0.4) is 0 Å². The number of carbonyl (C=O) groups is 2. The Hall–Kier alpha value is -1.06. The summed E-state index contributed by atoms with van der Waals surface area (Å²) in [7, 11) is 0. The molecule has 1 fully saturated rings. The Morgan fingerprint density at radius 2 is 1.61 bits per heavy atom. The number of aliphatic carboxylic acids is 2. The van der Waals surface area contributed by atoms with Gasteiger partial charge in [-0.25, -0.2) is 0 Å². The summed E-state index contributed by atoms with van der Waals surface area (Å²) in [6, 6.07) is 0. The van der Waals surface area contributed by atoms with Crippen LogP contribution in [0.4, 0.5) is 0 Å². The Morgan fingerprint density at radius 1 is 1.00 bits per heavy atom. The fourth-order valence-electron chi connectivity index (χ4n) is 3.49. The minimum Gasteiger partial charge on any atom is -0.481 e. The molecular weight excluding hydrogens is 232 g/mol. The molecule has 0 aromatic carbocycles. The first kappa shape index (κ1) is 15.0. The molecule has 0 aromatic rings. The van der Waals surface area contributed by atoms with Crippen molar-refractivity contribution in [3.05, 3.63) is 0 Å². The first-order valence-electron chi connectivity index (χ1n) is 6.98. The summed E-state index contributed by atoms with van der Waals surface area (Å²) in [4.78, 5) is 22.8. The molecule has 1 aliphatic carbocycles. The quantitative estimate of drug-likeness (QED) is 0.766. The zero-order chi connectivity index (χ0) is 13.7. The van der Waals surface area contributed by atoms with Crippen molar-refractivity contribution in [3.63, 3.8) is 0 Å². The summed E-state index contributed by atoms with van der Waals surface area (Å²) in [5.41, 5.74) is 0. The molecule has 0 amide bonds. The highest BCUT2D eigenvalue weighted by Gasteiger charge is 2.45. The molecule has 4 heteroatoms. The third-order valence-corrected chi connectivity index (χ3v) is 4.22. The molecule has 4 nitrogen and oxygen atoms in total. The van der Waals surface area contributed by atoms with Gasteiger partial charge in [0.25, 0.3) is 0 Å². The highest BCUT2D eigenvalue weighted by molar-refractivity contribution is 5.75. The van der Waals surface area contributed by atoms with Crippen LogP contribution in [0, 0.1) is 23.7 Å². The van der Waals surface area contributed by atoms with Crippen LogP contribution in [0.2, 0.25) is 0 Å². The van der Waals surface area contributed by atoms with E-state index in [4.69, 9.17) is 0 Å². The smallest absolute Gasteiger partial charge is 0.307 e. The van der Waals surface area contributed by atoms with Gasteiger partial charge in [0.2, 0.25) is 0 Å². The maximum atomic E-state index is 11.5. The average Bonchev–Trinajstić information content (AvgIpc) is 2.29. The van der Waals surface area contributed by atoms with Crippen LogP contribution in [-0.2, 0) is 9.59 Å². The standard InChI is InChI=1S/C14H24O4/c1-3-5-9-7-8-11(13(15)16)10(6-4-2)12(9)14(17)18/h9-12H,3-8H2,1-2H3,(H,15,16)(H,17,18). The number of hydrogen-bond acceptors (Lipinski definition) is 2. The van der Waals surface area contributed by atoms with Crippen molar-refractivity contribution in [3.8, 4) is 0 Å². The van der Waals surface area contributed by atoms with Crippen molar-refractivity contribution in [1.82, 2.24) is 0 Å². The van der Waals surface area contributed by atoms with E-state index in [0.717, 1.165) is 25.7 Å². The van der Waals surface area contributed by atoms with Crippen molar-refractivity contribution < 1.29 is 19.8 Å². The second-order valence-electron chi connectivity index (χ2n) is 5.39. The van der Waals surface area contributed by atoms with Crippen LogP contribution in [0.15, 0.2) is 0 Å². The molecule has 18 heavy (non-hydrogen) atoms. The molecular formula is C14H24O4. The normalized spacial score (nSPS) is 32.1. The monoisotopic (exact) mass is 256 g/mol. The van der Waals surface area contributed by atoms with Gasteiger partial charge in [-0.05, 0) is 37.5 Å². The van der Waals surface area contributed by atoms with Gasteiger partial charge in [0.1, 0.15) is 0 Å². The van der Waals surface area contributed by atoms with E-state index >= 15 is 0 Å². The first-order valence-corrected chi connectivity index (χ1v) is 6.98. The molecule has 104 valence electrons. The van der Waals surface area contributed by atoms with Crippen LogP contribution in [-0.4, -0.2) is 22.2 Å². The van der Waals surface area contributed by atoms with Crippen molar-refractivity contribution in [1.29, 1.82) is 0 Å². The van der Waals surface area contributed by atoms with E-state index in [-0.39, 0.29) is 11.8 Å². The van der Waals surface area contributed by atoms with Crippen molar-refractivity contribution >= 4 is 11.9 Å². The SMILES string of the molecule is CCCC1CCC(C(=O)O)C(CCC)C1C(=O)O. The molecule has 0 aliphatic heterocycles. The average molecular weight is 256 g/mol. The maximum Gasteiger partial charge on any atom is 0.307 e. The zero-order valence-electron chi connectivity index (χ0n) is 11.3. The van der Waals surface area contributed by atoms with Gasteiger partial charge in [-0.2, -0.15) is 0 Å². The zero-order valence-corrected chi connectivity index (χ0v) is 11.3. The van der Waals surface area contributed by atoms with Gasteiger partial charge >= 0.3 is 11.9 Å². The Kier molecular flexibility index (Phi) is 5.63. The van der Waals surface area contributed by atoms with Crippen molar-refractivity contribution in [2.24, 2.45) is 23.7 Å². The van der Waals surface area contributed by atoms with E-state index in [9.17, 15) is 19.8 Å². The number of rotatable bonds is 6. The lowest BCUT2D eigenvalue weighted by Crippen LogP contribution is -2.42. The molecule has 1 aliphatic rings. The Balaban J connectivity index is 2.94. The summed E-state index contributed by atoms with van der Waals surface area (Å²) in [5, 5.41) is 18.7. The number of carboxylic acids is 2. The van der Waals surface area contributed by atoms with E-state index in [1.807, 2.05) is 6.92 Å². The van der Waals surface area contributed by atoms with E-state index in [0.29, 0.717) is 12.8 Å². The molecule has 4 atom stereocenters. The first-order chi connectivity index (χ1) is 8.52. The molecule has 1 rings (SSSR count). The van der Waals surface area contributed by atoms with Gasteiger partial charge in [0.15, 0.2) is 0 Å². The van der Waals surface area contributed by atoms with E-state index < -0.39 is 23.8 Å². The van der Waals surface area contributed by atoms with Gasteiger partial charge in [-0.1, -0.05) is 26.7 Å². The molecule has 0 bridgehead atoms. The van der Waals surface area contributed by atoms with E-state index in [1.54, 1.807) is 0 Å². The van der Waals surface area contributed by atoms with Crippen LogP contribution in [0.5, 0.6) is 0 Å². The largest absolute Gasteiger partial charge is 0.481 e. The van der Waals surface area contributed by atoms with Gasteiger partial charge in [-0.15, -0.1) is 0 Å². The maximum absolute atomic E-state index is 11.5. The van der Waals surface area contributed by atoms with Crippen LogP contribution in [0.25, 0.3) is 0 Å². The number of carboxylic acid groups (broad SMARTS) is 2. The summed E-state index contributed by atoms with van der Waals surface area (Å²) in [6.07, 6.45) is 4.77. The fourth-order valence-corrected chi connectivity index (χ4v) is 3.49.